The Bertz CT molecular complexity index is 535. The molecular weight excluding hydrogens is 322 g/mol. The molecule has 1 aromatic rings. The smallest absolute Gasteiger partial charge is 0.317 e. The van der Waals surface area contributed by atoms with Gasteiger partial charge in [-0.25, -0.2) is 4.79 Å². The van der Waals surface area contributed by atoms with Gasteiger partial charge in [-0.05, 0) is 25.0 Å². The number of amides is 2. The Morgan fingerprint density at radius 3 is 2.25 bits per heavy atom. The second-order valence-electron chi connectivity index (χ2n) is 6.92. The van der Waals surface area contributed by atoms with Crippen LogP contribution in [0.15, 0.2) is 24.3 Å². The van der Waals surface area contributed by atoms with Crippen LogP contribution in [-0.4, -0.2) is 43.2 Å². The lowest BCUT2D eigenvalue weighted by atomic mass is 9.97. The van der Waals surface area contributed by atoms with E-state index in [1.165, 1.54) is 32.1 Å². The standard InChI is InChI=1S/C19H28ClN3O/c20-17-10-6-7-11-18(17)22-12-14-23(15-13-22)19(24)21-16-8-4-2-1-3-5-9-16/h6-7,10-11,16H,1-5,8-9,12-15H2,(H,21,24). The summed E-state index contributed by atoms with van der Waals surface area (Å²) in [7, 11) is 0. The Balaban J connectivity index is 1.49. The molecule has 24 heavy (non-hydrogen) atoms. The summed E-state index contributed by atoms with van der Waals surface area (Å²) in [6.45, 7) is 3.18. The van der Waals surface area contributed by atoms with Gasteiger partial charge in [-0.3, -0.25) is 0 Å². The number of para-hydroxylation sites is 1. The number of benzene rings is 1. The first-order valence-electron chi connectivity index (χ1n) is 9.29. The quantitative estimate of drug-likeness (QED) is 0.864. The van der Waals surface area contributed by atoms with Gasteiger partial charge in [0.2, 0.25) is 0 Å². The molecule has 0 atom stereocenters. The van der Waals surface area contributed by atoms with E-state index in [2.05, 4.69) is 10.2 Å². The van der Waals surface area contributed by atoms with Gasteiger partial charge in [-0.1, -0.05) is 55.8 Å². The molecule has 132 valence electrons. The van der Waals surface area contributed by atoms with Crippen LogP contribution >= 0.6 is 11.6 Å². The molecule has 1 N–H and O–H groups in total. The monoisotopic (exact) mass is 349 g/mol. The average molecular weight is 350 g/mol. The van der Waals surface area contributed by atoms with E-state index >= 15 is 0 Å². The zero-order chi connectivity index (χ0) is 16.8. The Kier molecular flexibility index (Phi) is 6.24. The van der Waals surface area contributed by atoms with Gasteiger partial charge < -0.3 is 15.1 Å². The summed E-state index contributed by atoms with van der Waals surface area (Å²) in [5, 5.41) is 4.05. The van der Waals surface area contributed by atoms with Crippen LogP contribution in [0.1, 0.15) is 44.9 Å². The van der Waals surface area contributed by atoms with Crippen molar-refractivity contribution in [2.75, 3.05) is 31.1 Å². The highest BCUT2D eigenvalue weighted by molar-refractivity contribution is 6.33. The van der Waals surface area contributed by atoms with Gasteiger partial charge >= 0.3 is 6.03 Å². The van der Waals surface area contributed by atoms with E-state index < -0.39 is 0 Å². The second-order valence-corrected chi connectivity index (χ2v) is 7.32. The minimum atomic E-state index is 0.111. The topological polar surface area (TPSA) is 35.6 Å². The maximum Gasteiger partial charge on any atom is 0.317 e. The van der Waals surface area contributed by atoms with Crippen molar-refractivity contribution in [2.45, 2.75) is 51.0 Å². The van der Waals surface area contributed by atoms with E-state index in [-0.39, 0.29) is 6.03 Å². The van der Waals surface area contributed by atoms with Crippen molar-refractivity contribution in [3.05, 3.63) is 29.3 Å². The van der Waals surface area contributed by atoms with Gasteiger partial charge in [0.1, 0.15) is 0 Å². The summed E-state index contributed by atoms with van der Waals surface area (Å²) >= 11 is 6.28. The molecule has 2 aliphatic rings. The molecule has 5 heteroatoms. The maximum atomic E-state index is 12.5. The number of rotatable bonds is 2. The van der Waals surface area contributed by atoms with E-state index in [9.17, 15) is 4.79 Å². The third-order valence-corrected chi connectivity index (χ3v) is 5.51. The lowest BCUT2D eigenvalue weighted by Gasteiger charge is -2.37. The molecule has 1 aliphatic carbocycles. The second kappa shape index (κ2) is 8.61. The molecule has 3 rings (SSSR count). The van der Waals surface area contributed by atoms with E-state index in [0.717, 1.165) is 49.7 Å². The summed E-state index contributed by atoms with van der Waals surface area (Å²) in [5.41, 5.74) is 1.07. The van der Waals surface area contributed by atoms with E-state index in [1.54, 1.807) is 0 Å². The number of hydrogen-bond donors (Lipinski definition) is 1. The van der Waals surface area contributed by atoms with Gasteiger partial charge in [0.15, 0.2) is 0 Å². The van der Waals surface area contributed by atoms with Crippen molar-refractivity contribution >= 4 is 23.3 Å². The number of nitrogens with one attached hydrogen (secondary N) is 1. The van der Waals surface area contributed by atoms with Crippen LogP contribution in [0.5, 0.6) is 0 Å². The third-order valence-electron chi connectivity index (χ3n) is 5.19. The highest BCUT2D eigenvalue weighted by Crippen LogP contribution is 2.26. The Hall–Kier alpha value is -1.42. The van der Waals surface area contributed by atoms with Gasteiger partial charge in [0.05, 0.1) is 10.7 Å². The predicted molar refractivity (Wildman–Crippen MR) is 99.9 cm³/mol. The van der Waals surface area contributed by atoms with Gasteiger partial charge in [-0.2, -0.15) is 0 Å². The molecular formula is C19H28ClN3O. The highest BCUT2D eigenvalue weighted by atomic mass is 35.5. The summed E-state index contributed by atoms with van der Waals surface area (Å²) in [6, 6.07) is 8.40. The van der Waals surface area contributed by atoms with E-state index in [1.807, 2.05) is 29.2 Å². The van der Waals surface area contributed by atoms with Crippen molar-refractivity contribution < 1.29 is 4.79 Å². The number of halogens is 1. The van der Waals surface area contributed by atoms with Gasteiger partial charge in [0.25, 0.3) is 0 Å². The van der Waals surface area contributed by atoms with Crippen LogP contribution in [-0.2, 0) is 0 Å². The van der Waals surface area contributed by atoms with Crippen molar-refractivity contribution in [3.63, 3.8) is 0 Å². The van der Waals surface area contributed by atoms with E-state index in [4.69, 9.17) is 11.6 Å². The molecule has 4 nitrogen and oxygen atoms in total. The number of carbonyl (C=O) groups is 1. The molecule has 0 radical (unpaired) electrons. The first-order valence-corrected chi connectivity index (χ1v) is 9.67. The summed E-state index contributed by atoms with van der Waals surface area (Å²) in [6.07, 6.45) is 8.71. The number of hydrogen-bond acceptors (Lipinski definition) is 2. The minimum Gasteiger partial charge on any atom is -0.367 e. The molecule has 2 fully saturated rings. The van der Waals surface area contributed by atoms with Crippen LogP contribution in [0.3, 0.4) is 0 Å². The first-order chi connectivity index (χ1) is 11.7. The van der Waals surface area contributed by atoms with Crippen LogP contribution in [0.2, 0.25) is 5.02 Å². The molecule has 1 saturated carbocycles. The molecule has 2 amide bonds. The summed E-state index contributed by atoms with van der Waals surface area (Å²) in [4.78, 5) is 16.8. The van der Waals surface area contributed by atoms with Crippen molar-refractivity contribution in [2.24, 2.45) is 0 Å². The van der Waals surface area contributed by atoms with Crippen molar-refractivity contribution in [3.8, 4) is 0 Å². The average Bonchev–Trinajstić information content (AvgIpc) is 2.58. The zero-order valence-corrected chi connectivity index (χ0v) is 15.1. The third kappa shape index (κ3) is 4.56. The van der Waals surface area contributed by atoms with Gasteiger partial charge in [-0.15, -0.1) is 0 Å². The molecule has 1 saturated heterocycles. The molecule has 0 unspecified atom stereocenters. The van der Waals surface area contributed by atoms with Crippen molar-refractivity contribution in [1.29, 1.82) is 0 Å². The highest BCUT2D eigenvalue weighted by Gasteiger charge is 2.24. The van der Waals surface area contributed by atoms with Crippen LogP contribution in [0, 0.1) is 0 Å². The number of piperazine rings is 1. The fourth-order valence-corrected chi connectivity index (χ4v) is 3.98. The number of nitrogens with zero attached hydrogens (tertiary/aromatic N) is 2. The molecule has 1 heterocycles. The van der Waals surface area contributed by atoms with Crippen LogP contribution < -0.4 is 10.2 Å². The fourth-order valence-electron chi connectivity index (χ4n) is 3.73. The SMILES string of the molecule is O=C(NC1CCCCCCC1)N1CCN(c2ccccc2Cl)CC1. The lowest BCUT2D eigenvalue weighted by Crippen LogP contribution is -2.53. The van der Waals surface area contributed by atoms with E-state index in [0.29, 0.717) is 6.04 Å². The Morgan fingerprint density at radius 2 is 1.58 bits per heavy atom. The molecule has 1 aromatic carbocycles. The minimum absolute atomic E-state index is 0.111. The Labute approximate surface area is 150 Å². The largest absolute Gasteiger partial charge is 0.367 e. The number of urea groups is 1. The number of anilines is 1. The summed E-state index contributed by atoms with van der Waals surface area (Å²) < 4.78 is 0. The predicted octanol–water partition coefficient (Wildman–Crippen LogP) is 4.28. The van der Waals surface area contributed by atoms with Gasteiger partial charge in [0, 0.05) is 32.2 Å². The first kappa shape index (κ1) is 17.4. The normalized spacial score (nSPS) is 20.4. The fraction of sp³-hybridized carbons (Fsp3) is 0.632. The maximum absolute atomic E-state index is 12.5. The van der Waals surface area contributed by atoms with Crippen LogP contribution in [0.4, 0.5) is 10.5 Å². The van der Waals surface area contributed by atoms with Crippen LogP contribution in [0.25, 0.3) is 0 Å². The molecule has 0 bridgehead atoms. The Morgan fingerprint density at radius 1 is 0.958 bits per heavy atom. The zero-order valence-electron chi connectivity index (χ0n) is 14.3. The molecule has 0 aromatic heterocycles. The lowest BCUT2D eigenvalue weighted by molar-refractivity contribution is 0.187. The molecule has 1 aliphatic heterocycles. The molecule has 0 spiro atoms. The number of carbonyl (C=O) groups excluding carboxylic acids is 1. The van der Waals surface area contributed by atoms with Crippen molar-refractivity contribution in [1.82, 2.24) is 10.2 Å². The summed E-state index contributed by atoms with van der Waals surface area (Å²) in [5.74, 6) is 0.